The Bertz CT molecular complexity index is 604. The third kappa shape index (κ3) is 4.01. The Morgan fingerprint density at radius 3 is 2.14 bits per heavy atom. The maximum absolute atomic E-state index is 13.4. The highest BCUT2D eigenvalue weighted by Gasteiger charge is 2.29. The number of benzene rings is 2. The fourth-order valence-corrected chi connectivity index (χ4v) is 1.84. The Balaban J connectivity index is 1.93. The van der Waals surface area contributed by atoms with Crippen molar-refractivity contribution in [2.24, 2.45) is 0 Å². The van der Waals surface area contributed by atoms with Gasteiger partial charge in [-0.1, -0.05) is 24.3 Å². The molecule has 0 radical (unpaired) electrons. The summed E-state index contributed by atoms with van der Waals surface area (Å²) in [5, 5.41) is 2.86. The molecule has 1 N–H and O–H groups in total. The molecule has 0 aliphatic rings. The molecule has 1 nitrogen and oxygen atoms in total. The van der Waals surface area contributed by atoms with Crippen molar-refractivity contribution >= 4 is 0 Å². The van der Waals surface area contributed by atoms with E-state index < -0.39 is 23.4 Å². The van der Waals surface area contributed by atoms with E-state index in [1.54, 1.807) is 0 Å². The lowest BCUT2D eigenvalue weighted by molar-refractivity contribution is -0.137. The highest BCUT2D eigenvalue weighted by molar-refractivity contribution is 5.25. The van der Waals surface area contributed by atoms with Crippen LogP contribution in [-0.4, -0.2) is 0 Å². The van der Waals surface area contributed by atoms with E-state index in [1.807, 2.05) is 0 Å². The van der Waals surface area contributed by atoms with Crippen LogP contribution in [0.2, 0.25) is 0 Å². The van der Waals surface area contributed by atoms with Crippen LogP contribution in [0.15, 0.2) is 42.5 Å². The molecule has 0 fully saturated rings. The van der Waals surface area contributed by atoms with E-state index in [-0.39, 0.29) is 18.7 Å². The van der Waals surface area contributed by atoms with Gasteiger partial charge in [-0.05, 0) is 23.8 Å². The molecule has 0 heterocycles. The molecule has 0 unspecified atom stereocenters. The number of hydrogen-bond donors (Lipinski definition) is 1. The summed E-state index contributed by atoms with van der Waals surface area (Å²) >= 11 is 0. The van der Waals surface area contributed by atoms with Crippen LogP contribution >= 0.6 is 0 Å². The molecule has 2 aromatic rings. The smallest absolute Gasteiger partial charge is 0.309 e. The minimum atomic E-state index is -4.36. The van der Waals surface area contributed by atoms with E-state index in [9.17, 15) is 22.0 Å². The highest BCUT2D eigenvalue weighted by atomic mass is 19.4. The normalized spacial score (nSPS) is 11.7. The van der Waals surface area contributed by atoms with Gasteiger partial charge >= 0.3 is 6.18 Å². The Morgan fingerprint density at radius 2 is 1.52 bits per heavy atom. The molecule has 0 aliphatic carbocycles. The van der Waals surface area contributed by atoms with Gasteiger partial charge < -0.3 is 5.32 Å². The van der Waals surface area contributed by atoms with Gasteiger partial charge in [0, 0.05) is 18.7 Å². The first-order valence-corrected chi connectivity index (χ1v) is 6.17. The molecule has 0 saturated heterocycles. The van der Waals surface area contributed by atoms with Gasteiger partial charge in [-0.2, -0.15) is 13.2 Å². The van der Waals surface area contributed by atoms with Crippen LogP contribution in [0, 0.1) is 11.6 Å². The van der Waals surface area contributed by atoms with E-state index in [0.717, 1.165) is 18.2 Å². The average molecular weight is 301 g/mol. The van der Waals surface area contributed by atoms with Crippen molar-refractivity contribution in [1.82, 2.24) is 5.32 Å². The summed E-state index contributed by atoms with van der Waals surface area (Å²) in [7, 11) is 0. The van der Waals surface area contributed by atoms with Crippen LogP contribution in [0.3, 0.4) is 0 Å². The monoisotopic (exact) mass is 301 g/mol. The highest BCUT2D eigenvalue weighted by Crippen LogP contribution is 2.29. The van der Waals surface area contributed by atoms with Crippen LogP contribution < -0.4 is 5.32 Å². The number of alkyl halides is 3. The van der Waals surface area contributed by atoms with E-state index in [4.69, 9.17) is 0 Å². The van der Waals surface area contributed by atoms with Crippen LogP contribution in [0.25, 0.3) is 0 Å². The molecular formula is C15H12F5N. The first-order valence-electron chi connectivity index (χ1n) is 6.17. The van der Waals surface area contributed by atoms with Gasteiger partial charge in [0.1, 0.15) is 0 Å². The first-order chi connectivity index (χ1) is 9.88. The second kappa shape index (κ2) is 6.22. The Labute approximate surface area is 118 Å². The van der Waals surface area contributed by atoms with Gasteiger partial charge in [-0.25, -0.2) is 8.78 Å². The predicted octanol–water partition coefficient (Wildman–Crippen LogP) is 4.27. The standard InChI is InChI=1S/C15H12F5N/c16-13-3-1-2-11(14(13)17)9-21-8-10-4-6-12(7-5-10)15(18,19)20/h1-7,21H,8-9H2. The lowest BCUT2D eigenvalue weighted by atomic mass is 10.1. The van der Waals surface area contributed by atoms with Crippen molar-refractivity contribution in [2.45, 2.75) is 19.3 Å². The van der Waals surface area contributed by atoms with E-state index in [0.29, 0.717) is 5.56 Å². The SMILES string of the molecule is Fc1cccc(CNCc2ccc(C(F)(F)F)cc2)c1F. The Hall–Kier alpha value is -1.95. The fourth-order valence-electron chi connectivity index (χ4n) is 1.84. The van der Waals surface area contributed by atoms with Crippen LogP contribution in [0.4, 0.5) is 22.0 Å². The van der Waals surface area contributed by atoms with E-state index >= 15 is 0 Å². The van der Waals surface area contributed by atoms with Gasteiger partial charge in [0.25, 0.3) is 0 Å². The fraction of sp³-hybridized carbons (Fsp3) is 0.200. The molecule has 112 valence electrons. The number of rotatable bonds is 4. The molecule has 0 spiro atoms. The first kappa shape index (κ1) is 15.4. The summed E-state index contributed by atoms with van der Waals surface area (Å²) < 4.78 is 63.5. The van der Waals surface area contributed by atoms with Gasteiger partial charge in [0.15, 0.2) is 11.6 Å². The molecule has 21 heavy (non-hydrogen) atoms. The van der Waals surface area contributed by atoms with Gasteiger partial charge in [0.2, 0.25) is 0 Å². The van der Waals surface area contributed by atoms with Crippen LogP contribution in [-0.2, 0) is 19.3 Å². The summed E-state index contributed by atoms with van der Waals surface area (Å²) in [6.45, 7) is 0.346. The molecule has 6 heteroatoms. The van der Waals surface area contributed by atoms with Crippen molar-refractivity contribution < 1.29 is 22.0 Å². The molecule has 0 amide bonds. The Kier molecular flexibility index (Phi) is 4.57. The lowest BCUT2D eigenvalue weighted by Crippen LogP contribution is -2.14. The third-order valence-corrected chi connectivity index (χ3v) is 2.96. The van der Waals surface area contributed by atoms with Crippen molar-refractivity contribution in [3.05, 3.63) is 70.8 Å². The molecule has 2 aromatic carbocycles. The summed E-state index contributed by atoms with van der Waals surface area (Å²) in [6.07, 6.45) is -4.36. The quantitative estimate of drug-likeness (QED) is 0.831. The second-order valence-corrected chi connectivity index (χ2v) is 4.51. The van der Waals surface area contributed by atoms with Crippen molar-refractivity contribution in [3.8, 4) is 0 Å². The second-order valence-electron chi connectivity index (χ2n) is 4.51. The van der Waals surface area contributed by atoms with Crippen LogP contribution in [0.1, 0.15) is 16.7 Å². The number of halogens is 5. The maximum Gasteiger partial charge on any atom is 0.416 e. The molecular weight excluding hydrogens is 289 g/mol. The molecule has 0 atom stereocenters. The lowest BCUT2D eigenvalue weighted by Gasteiger charge is -2.09. The zero-order chi connectivity index (χ0) is 15.5. The van der Waals surface area contributed by atoms with Crippen molar-refractivity contribution in [1.29, 1.82) is 0 Å². The predicted molar refractivity (Wildman–Crippen MR) is 68.3 cm³/mol. The molecule has 0 bridgehead atoms. The van der Waals surface area contributed by atoms with Gasteiger partial charge in [-0.3, -0.25) is 0 Å². The summed E-state index contributed by atoms with van der Waals surface area (Å²) in [5.74, 6) is -1.85. The molecule has 2 rings (SSSR count). The number of hydrogen-bond acceptors (Lipinski definition) is 1. The van der Waals surface area contributed by atoms with E-state index in [1.165, 1.54) is 24.3 Å². The minimum Gasteiger partial charge on any atom is -0.309 e. The van der Waals surface area contributed by atoms with Crippen LogP contribution in [0.5, 0.6) is 0 Å². The van der Waals surface area contributed by atoms with Gasteiger partial charge in [0.05, 0.1) is 5.56 Å². The Morgan fingerprint density at radius 1 is 0.857 bits per heavy atom. The largest absolute Gasteiger partial charge is 0.416 e. The van der Waals surface area contributed by atoms with E-state index in [2.05, 4.69) is 5.32 Å². The molecule has 0 saturated carbocycles. The van der Waals surface area contributed by atoms with Crippen molar-refractivity contribution in [2.75, 3.05) is 0 Å². The third-order valence-electron chi connectivity index (χ3n) is 2.96. The minimum absolute atomic E-state index is 0.0879. The maximum atomic E-state index is 13.4. The summed E-state index contributed by atoms with van der Waals surface area (Å²) in [4.78, 5) is 0. The summed E-state index contributed by atoms with van der Waals surface area (Å²) in [6, 6.07) is 8.52. The zero-order valence-corrected chi connectivity index (χ0v) is 10.8. The molecule has 0 aliphatic heterocycles. The zero-order valence-electron chi connectivity index (χ0n) is 10.8. The summed E-state index contributed by atoms with van der Waals surface area (Å²) in [5.41, 5.74) is 0.0733. The van der Waals surface area contributed by atoms with Gasteiger partial charge in [-0.15, -0.1) is 0 Å². The molecule has 0 aromatic heterocycles. The van der Waals surface area contributed by atoms with Crippen molar-refractivity contribution in [3.63, 3.8) is 0 Å². The number of nitrogens with one attached hydrogen (secondary N) is 1. The topological polar surface area (TPSA) is 12.0 Å². The average Bonchev–Trinajstić information content (AvgIpc) is 2.43.